The van der Waals surface area contributed by atoms with E-state index in [1.165, 1.54) is 11.3 Å². The summed E-state index contributed by atoms with van der Waals surface area (Å²) < 4.78 is 0.952. The maximum Gasteiger partial charge on any atom is 0.253 e. The van der Waals surface area contributed by atoms with Gasteiger partial charge < -0.3 is 10.6 Å². The molecule has 2 N–H and O–H groups in total. The largest absolute Gasteiger partial charge is 0.350 e. The lowest BCUT2D eigenvalue weighted by Crippen LogP contribution is -2.32. The van der Waals surface area contributed by atoms with Crippen LogP contribution in [-0.4, -0.2) is 29.1 Å². The Kier molecular flexibility index (Phi) is 7.01. The molecule has 25 heavy (non-hydrogen) atoms. The van der Waals surface area contributed by atoms with E-state index in [1.807, 2.05) is 27.0 Å². The van der Waals surface area contributed by atoms with Crippen molar-refractivity contribution in [2.45, 2.75) is 44.0 Å². The number of para-hydroxylation sites is 1. The number of nitrogens with zero attached hydrogens (tertiary/aromatic N) is 1. The highest BCUT2D eigenvalue weighted by atomic mass is 32.2. The van der Waals surface area contributed by atoms with Crippen molar-refractivity contribution < 1.29 is 9.59 Å². The van der Waals surface area contributed by atoms with E-state index in [2.05, 4.69) is 15.6 Å². The van der Waals surface area contributed by atoms with Gasteiger partial charge in [-0.15, -0.1) is 11.3 Å². The van der Waals surface area contributed by atoms with Crippen LogP contribution in [0.25, 0.3) is 0 Å². The summed E-state index contributed by atoms with van der Waals surface area (Å²) in [5.41, 5.74) is 1.88. The number of thiazole rings is 1. The van der Waals surface area contributed by atoms with Crippen LogP contribution in [0.2, 0.25) is 0 Å². The van der Waals surface area contributed by atoms with E-state index < -0.39 is 0 Å². The van der Waals surface area contributed by atoms with Gasteiger partial charge in [-0.1, -0.05) is 30.8 Å². The molecule has 1 heterocycles. The Bertz CT molecular complexity index is 759. The topological polar surface area (TPSA) is 71.1 Å². The second-order valence-corrected chi connectivity index (χ2v) is 7.88. The number of benzene rings is 1. The number of aromatic nitrogens is 1. The quantitative estimate of drug-likeness (QED) is 0.718. The van der Waals surface area contributed by atoms with Crippen LogP contribution in [0.15, 0.2) is 28.6 Å². The normalized spacial score (nSPS) is 11.8. The minimum atomic E-state index is -0.177. The zero-order valence-electron chi connectivity index (χ0n) is 14.9. The van der Waals surface area contributed by atoms with Gasteiger partial charge in [-0.3, -0.25) is 9.59 Å². The molecule has 134 valence electrons. The summed E-state index contributed by atoms with van der Waals surface area (Å²) >= 11 is 3.10. The Morgan fingerprint density at radius 2 is 2.04 bits per heavy atom. The minimum absolute atomic E-state index is 0.0843. The van der Waals surface area contributed by atoms with Crippen molar-refractivity contribution in [2.75, 3.05) is 11.6 Å². The Morgan fingerprint density at radius 1 is 1.32 bits per heavy atom. The first-order chi connectivity index (χ1) is 11.9. The molecule has 2 rings (SSSR count). The number of hydrogen-bond donors (Lipinski definition) is 2. The van der Waals surface area contributed by atoms with Crippen LogP contribution < -0.4 is 10.6 Å². The van der Waals surface area contributed by atoms with Gasteiger partial charge in [0.15, 0.2) is 0 Å². The minimum Gasteiger partial charge on any atom is -0.350 e. The predicted octanol–water partition coefficient (Wildman–Crippen LogP) is 3.88. The third kappa shape index (κ3) is 5.31. The van der Waals surface area contributed by atoms with Crippen molar-refractivity contribution in [3.8, 4) is 0 Å². The molecule has 1 atom stereocenters. The Balaban J connectivity index is 2.10. The van der Waals surface area contributed by atoms with Gasteiger partial charge in [-0.05, 0) is 38.7 Å². The monoisotopic (exact) mass is 377 g/mol. The van der Waals surface area contributed by atoms with Crippen molar-refractivity contribution in [3.63, 3.8) is 0 Å². The molecule has 0 spiro atoms. The highest BCUT2D eigenvalue weighted by molar-refractivity contribution is 8.00. The zero-order valence-corrected chi connectivity index (χ0v) is 16.5. The molecule has 0 aliphatic rings. The molecule has 0 radical (unpaired) electrons. The van der Waals surface area contributed by atoms with Crippen LogP contribution in [0.5, 0.6) is 0 Å². The highest BCUT2D eigenvalue weighted by Crippen LogP contribution is 2.26. The molecule has 0 fully saturated rings. The van der Waals surface area contributed by atoms with Crippen LogP contribution in [-0.2, 0) is 11.2 Å². The summed E-state index contributed by atoms with van der Waals surface area (Å²) in [6.07, 6.45) is 3.07. The third-order valence-corrected chi connectivity index (χ3v) is 5.95. The molecule has 0 bridgehead atoms. The average Bonchev–Trinajstić information content (AvgIpc) is 2.94. The molecule has 5 nitrogen and oxygen atoms in total. The number of aryl methyl sites for hydroxylation is 1. The molecule has 0 saturated carbocycles. The number of amides is 2. The molecule has 0 aliphatic carbocycles. The molecular weight excluding hydrogens is 354 g/mol. The molecule has 7 heteroatoms. The lowest BCUT2D eigenvalue weighted by atomic mass is 10.1. The second-order valence-electron chi connectivity index (χ2n) is 5.75. The summed E-state index contributed by atoms with van der Waals surface area (Å²) in [7, 11) is 0. The van der Waals surface area contributed by atoms with Gasteiger partial charge in [-0.25, -0.2) is 4.98 Å². The van der Waals surface area contributed by atoms with E-state index in [-0.39, 0.29) is 24.3 Å². The van der Waals surface area contributed by atoms with Crippen LogP contribution in [0.3, 0.4) is 0 Å². The number of nitrogens with one attached hydrogen (secondary N) is 2. The van der Waals surface area contributed by atoms with Crippen molar-refractivity contribution in [1.82, 2.24) is 10.3 Å². The molecule has 0 unspecified atom stereocenters. The number of anilines is 1. The first-order valence-electron chi connectivity index (χ1n) is 8.14. The number of thioether (sulfide) groups is 1. The van der Waals surface area contributed by atoms with Crippen molar-refractivity contribution in [3.05, 3.63) is 40.4 Å². The summed E-state index contributed by atoms with van der Waals surface area (Å²) in [6.45, 7) is 5.88. The molecule has 0 aliphatic heterocycles. The number of carbonyl (C=O) groups excluding carboxylic acids is 2. The molecular formula is C18H23N3O2S2. The maximum atomic E-state index is 12.4. The Morgan fingerprint density at radius 3 is 2.68 bits per heavy atom. The average molecular weight is 378 g/mol. The summed E-state index contributed by atoms with van der Waals surface area (Å²) in [5, 5.41) is 5.79. The van der Waals surface area contributed by atoms with Crippen molar-refractivity contribution in [2.24, 2.45) is 0 Å². The fourth-order valence-electron chi connectivity index (χ4n) is 2.19. The van der Waals surface area contributed by atoms with Gasteiger partial charge in [0.05, 0.1) is 23.4 Å². The molecule has 0 saturated heterocycles. The van der Waals surface area contributed by atoms with E-state index in [1.54, 1.807) is 36.0 Å². The Hall–Kier alpha value is -1.86. The van der Waals surface area contributed by atoms with Crippen LogP contribution in [0.1, 0.15) is 41.2 Å². The standard InChI is InChI=1S/C18H23N3O2S2/c1-5-11(2)19-17(23)13-8-6-7-9-14(13)21-16(22)10-15-12(3)20-18(24-4)25-15/h6-9,11H,5,10H2,1-4H3,(H,19,23)(H,21,22)/t11-/m0/s1. The molecule has 1 aromatic carbocycles. The van der Waals surface area contributed by atoms with Crippen LogP contribution in [0.4, 0.5) is 5.69 Å². The van der Waals surface area contributed by atoms with Crippen molar-refractivity contribution in [1.29, 1.82) is 0 Å². The lowest BCUT2D eigenvalue weighted by molar-refractivity contribution is -0.115. The maximum absolute atomic E-state index is 12.4. The van der Waals surface area contributed by atoms with E-state index in [0.29, 0.717) is 11.3 Å². The van der Waals surface area contributed by atoms with E-state index in [9.17, 15) is 9.59 Å². The van der Waals surface area contributed by atoms with Crippen LogP contribution >= 0.6 is 23.1 Å². The van der Waals surface area contributed by atoms with Crippen LogP contribution in [0, 0.1) is 6.92 Å². The summed E-state index contributed by atoms with van der Waals surface area (Å²) in [6, 6.07) is 7.15. The first kappa shape index (κ1) is 19.5. The lowest BCUT2D eigenvalue weighted by Gasteiger charge is -2.14. The highest BCUT2D eigenvalue weighted by Gasteiger charge is 2.16. The van der Waals surface area contributed by atoms with Gasteiger partial charge in [0.1, 0.15) is 4.34 Å². The van der Waals surface area contributed by atoms with Gasteiger partial charge in [0.25, 0.3) is 5.91 Å². The summed E-state index contributed by atoms with van der Waals surface area (Å²) in [5.74, 6) is -0.327. The van der Waals surface area contributed by atoms with E-state index in [0.717, 1.165) is 21.3 Å². The predicted molar refractivity (Wildman–Crippen MR) is 105 cm³/mol. The van der Waals surface area contributed by atoms with Gasteiger partial charge >= 0.3 is 0 Å². The smallest absolute Gasteiger partial charge is 0.253 e. The number of hydrogen-bond acceptors (Lipinski definition) is 5. The third-order valence-electron chi connectivity index (χ3n) is 3.80. The van der Waals surface area contributed by atoms with Crippen molar-refractivity contribution >= 4 is 40.6 Å². The zero-order chi connectivity index (χ0) is 18.4. The molecule has 2 aromatic rings. The second kappa shape index (κ2) is 9.01. The van der Waals surface area contributed by atoms with E-state index >= 15 is 0 Å². The molecule has 1 aromatic heterocycles. The summed E-state index contributed by atoms with van der Waals surface area (Å²) in [4.78, 5) is 30.2. The fraction of sp³-hybridized carbons (Fsp3) is 0.389. The molecule has 2 amide bonds. The fourth-order valence-corrected chi connectivity index (χ4v) is 3.84. The Labute approximate surface area is 156 Å². The number of rotatable bonds is 7. The first-order valence-corrected chi connectivity index (χ1v) is 10.2. The van der Waals surface area contributed by atoms with Gasteiger partial charge in [0.2, 0.25) is 5.91 Å². The SMILES string of the molecule is CC[C@H](C)NC(=O)c1ccccc1NC(=O)Cc1sc(SC)nc1C. The van der Waals surface area contributed by atoms with Gasteiger partial charge in [-0.2, -0.15) is 0 Å². The van der Waals surface area contributed by atoms with Gasteiger partial charge in [0, 0.05) is 10.9 Å². The van der Waals surface area contributed by atoms with E-state index in [4.69, 9.17) is 0 Å². The number of carbonyl (C=O) groups is 2.